The maximum atomic E-state index is 9.64. The van der Waals surface area contributed by atoms with Crippen LogP contribution in [0.1, 0.15) is 0 Å². The first-order valence-corrected chi connectivity index (χ1v) is 3.98. The number of para-hydroxylation sites is 2. The van der Waals surface area contributed by atoms with Crippen molar-refractivity contribution < 1.29 is 4.11 Å². The van der Waals surface area contributed by atoms with Crippen LogP contribution in [0.25, 0.3) is 11.0 Å². The number of nitrogens with one attached hydrogen (secondary N) is 1. The molecule has 0 saturated heterocycles. The molecular weight excluding hydrogens is 159 g/mol. The fourth-order valence-electron chi connectivity index (χ4n) is 0.880. The van der Waals surface area contributed by atoms with Gasteiger partial charge in [-0.25, -0.2) is 4.98 Å². The lowest BCUT2D eigenvalue weighted by molar-refractivity contribution is 0.902. The van der Waals surface area contributed by atoms with Crippen molar-refractivity contribution in [2.24, 2.45) is 0 Å². The van der Waals surface area contributed by atoms with Crippen LogP contribution in [-0.4, -0.2) is 20.5 Å². The van der Waals surface area contributed by atoms with Gasteiger partial charge < -0.3 is 9.09 Å². The number of aromatic amines is 1. The third-order valence-corrected chi connectivity index (χ3v) is 1.33. The molecule has 0 atom stereocenters. The molecule has 11 heavy (non-hydrogen) atoms. The Morgan fingerprint density at radius 2 is 2.00 bits per heavy atom. The van der Waals surface area contributed by atoms with Crippen LogP contribution < -0.4 is 0 Å². The van der Waals surface area contributed by atoms with E-state index in [-0.39, 0.29) is 10.6 Å². The quantitative estimate of drug-likeness (QED) is 0.457. The third kappa shape index (κ3) is 1.65. The van der Waals surface area contributed by atoms with Crippen molar-refractivity contribution in [2.45, 2.75) is 0 Å². The summed E-state index contributed by atoms with van der Waals surface area (Å²) < 4.78 is 9.64. The summed E-state index contributed by atoms with van der Waals surface area (Å²) in [6, 6.07) is 7.94. The van der Waals surface area contributed by atoms with Crippen molar-refractivity contribution in [3.63, 3.8) is 0 Å². The van der Waals surface area contributed by atoms with Crippen LogP contribution in [0.2, 0.25) is 0 Å². The number of hydrogen-bond donors (Lipinski definition) is 1. The van der Waals surface area contributed by atoms with E-state index in [1.807, 2.05) is 24.3 Å². The number of hydrogen-bond acceptors (Lipinski definition) is 1. The number of H-pyrrole nitrogens is 1. The van der Waals surface area contributed by atoms with Gasteiger partial charge in [0.2, 0.25) is 10.6 Å². The fourth-order valence-corrected chi connectivity index (χ4v) is 0.880. The second-order valence-corrected chi connectivity index (χ2v) is 1.92. The molecule has 2 aromatic rings. The Labute approximate surface area is 67.1 Å². The first kappa shape index (κ1) is 7.94. The molecule has 4 heteroatoms. The van der Waals surface area contributed by atoms with Crippen molar-refractivity contribution in [2.75, 3.05) is 0 Å². The first-order chi connectivity index (χ1) is 5.47. The number of aromatic nitrogens is 2. The number of imidazole rings is 1. The van der Waals surface area contributed by atoms with Crippen molar-refractivity contribution in [1.82, 2.24) is 9.97 Å². The summed E-state index contributed by atoms with van der Waals surface area (Å²) in [7, 11) is -0.194. The van der Waals surface area contributed by atoms with Gasteiger partial charge >= 0.3 is 0 Å². The molecule has 0 aliphatic rings. The molecule has 58 valence electrons. The molecule has 2 nitrogen and oxygen atoms in total. The van der Waals surface area contributed by atoms with Crippen molar-refractivity contribution in [3.05, 3.63) is 30.6 Å². The van der Waals surface area contributed by atoms with E-state index in [0.717, 1.165) is 11.0 Å². The van der Waals surface area contributed by atoms with E-state index >= 15 is 0 Å². The highest BCUT2D eigenvalue weighted by molar-refractivity contribution is 5.96. The molecule has 0 fully saturated rings. The molecule has 2 rings (SSSR count). The van der Waals surface area contributed by atoms with E-state index in [1.165, 1.54) is 0 Å². The normalized spacial score (nSPS) is 9.18. The molecule has 0 unspecified atom stereocenters. The summed E-state index contributed by atoms with van der Waals surface area (Å²) in [5, 5.41) is 0. The minimum absolute atomic E-state index is 0.194. The summed E-state index contributed by atoms with van der Waals surface area (Å²) in [6.45, 7) is 0. The topological polar surface area (TPSA) is 28.7 Å². The highest BCUT2D eigenvalue weighted by atomic mass is 28.2. The first-order valence-electron chi connectivity index (χ1n) is 3.23. The van der Waals surface area contributed by atoms with Gasteiger partial charge in [-0.3, -0.25) is 0 Å². The molecule has 0 amide bonds. The average Bonchev–Trinajstić information content (AvgIpc) is 2.55. The highest BCUT2D eigenvalue weighted by Crippen LogP contribution is 2.05. The number of nitrogens with zero attached hydrogens (tertiary/aromatic N) is 1. The number of halogens is 1. The zero-order valence-corrected chi connectivity index (χ0v) is 8.21. The Hall–Kier alpha value is -1.16. The van der Waals surface area contributed by atoms with Gasteiger partial charge in [-0.05, 0) is 12.1 Å². The summed E-state index contributed by atoms with van der Waals surface area (Å²) >= 11 is 0. The SMILES string of the molecule is F[SiH3].c1ccc2[nH]cnc2c1. The third-order valence-electron chi connectivity index (χ3n) is 1.33. The van der Waals surface area contributed by atoms with Crippen LogP contribution in [-0.2, 0) is 0 Å². The van der Waals surface area contributed by atoms with Crippen molar-refractivity contribution in [3.8, 4) is 0 Å². The summed E-state index contributed by atoms with van der Waals surface area (Å²) in [6.07, 6.45) is 1.70. The maximum Gasteiger partial charge on any atom is 0.201 e. The maximum absolute atomic E-state index is 9.64. The second-order valence-electron chi connectivity index (χ2n) is 1.92. The van der Waals surface area contributed by atoms with E-state index in [0.29, 0.717) is 0 Å². The van der Waals surface area contributed by atoms with Gasteiger partial charge in [0, 0.05) is 0 Å². The summed E-state index contributed by atoms with van der Waals surface area (Å²) in [4.78, 5) is 7.07. The standard InChI is InChI=1S/C7H6N2.FH3Si/c1-2-4-7-6(3-1)8-5-9-7;1-2/h1-5H,(H,8,9);2H3. The van der Waals surface area contributed by atoms with Gasteiger partial charge in [0.25, 0.3) is 0 Å². The van der Waals surface area contributed by atoms with Crippen LogP contribution in [0.3, 0.4) is 0 Å². The van der Waals surface area contributed by atoms with Crippen molar-refractivity contribution in [1.29, 1.82) is 0 Å². The van der Waals surface area contributed by atoms with Gasteiger partial charge in [-0.2, -0.15) is 0 Å². The molecule has 0 aliphatic heterocycles. The van der Waals surface area contributed by atoms with E-state index in [1.54, 1.807) is 6.33 Å². The van der Waals surface area contributed by atoms with E-state index in [4.69, 9.17) is 0 Å². The van der Waals surface area contributed by atoms with Crippen LogP contribution in [0.5, 0.6) is 0 Å². The molecule has 0 saturated carbocycles. The van der Waals surface area contributed by atoms with Gasteiger partial charge in [0.1, 0.15) is 0 Å². The predicted octanol–water partition coefficient (Wildman–Crippen LogP) is 0.799. The summed E-state index contributed by atoms with van der Waals surface area (Å²) in [5.74, 6) is 0. The monoisotopic (exact) mass is 168 g/mol. The molecule has 1 heterocycles. The predicted molar refractivity (Wildman–Crippen MR) is 47.1 cm³/mol. The minimum Gasteiger partial charge on any atom is -0.345 e. The van der Waals surface area contributed by atoms with E-state index in [2.05, 4.69) is 9.97 Å². The Morgan fingerprint density at radius 1 is 1.27 bits per heavy atom. The largest absolute Gasteiger partial charge is 0.345 e. The highest BCUT2D eigenvalue weighted by Gasteiger charge is 1.88. The zero-order chi connectivity index (χ0) is 8.10. The van der Waals surface area contributed by atoms with Crippen LogP contribution in [0, 0.1) is 0 Å². The Kier molecular flexibility index (Phi) is 2.80. The lowest BCUT2D eigenvalue weighted by Crippen LogP contribution is -1.63. The van der Waals surface area contributed by atoms with Crippen LogP contribution >= 0.6 is 0 Å². The van der Waals surface area contributed by atoms with Gasteiger partial charge in [0.05, 0.1) is 17.4 Å². The Balaban J connectivity index is 0.000000281. The fraction of sp³-hybridized carbons (Fsp3) is 0. The van der Waals surface area contributed by atoms with E-state index in [9.17, 15) is 4.11 Å². The molecule has 1 aromatic carbocycles. The lowest BCUT2D eigenvalue weighted by atomic mass is 10.3. The summed E-state index contributed by atoms with van der Waals surface area (Å²) in [5.41, 5.74) is 2.12. The number of benzene rings is 1. The smallest absolute Gasteiger partial charge is 0.201 e. The molecule has 1 N–H and O–H groups in total. The lowest BCUT2D eigenvalue weighted by Gasteiger charge is -1.81. The molecule has 0 radical (unpaired) electrons. The minimum atomic E-state index is -0.194. The molecule has 1 aromatic heterocycles. The van der Waals surface area contributed by atoms with Crippen LogP contribution in [0.15, 0.2) is 30.6 Å². The van der Waals surface area contributed by atoms with Gasteiger partial charge in [-0.15, -0.1) is 0 Å². The van der Waals surface area contributed by atoms with Crippen LogP contribution in [0.4, 0.5) is 4.11 Å². The Morgan fingerprint density at radius 3 is 2.73 bits per heavy atom. The van der Waals surface area contributed by atoms with Gasteiger partial charge in [-0.1, -0.05) is 12.1 Å². The zero-order valence-electron chi connectivity index (χ0n) is 6.21. The number of rotatable bonds is 0. The average molecular weight is 168 g/mol. The molecular formula is C7H9FN2Si. The second kappa shape index (κ2) is 3.87. The van der Waals surface area contributed by atoms with Crippen molar-refractivity contribution >= 4 is 21.6 Å². The molecule has 0 bridgehead atoms. The van der Waals surface area contributed by atoms with E-state index < -0.39 is 0 Å². The number of fused-ring (bicyclic) bond motifs is 1. The Bertz CT molecular complexity index is 290. The van der Waals surface area contributed by atoms with Gasteiger partial charge in [0.15, 0.2) is 0 Å². The molecule has 0 aliphatic carbocycles. The molecule has 0 spiro atoms.